The molecular formula is C21H12F6N2O6. The maximum absolute atomic E-state index is 13.4. The van der Waals surface area contributed by atoms with Gasteiger partial charge in [-0.25, -0.2) is 0 Å². The summed E-state index contributed by atoms with van der Waals surface area (Å²) < 4.78 is 91.1. The van der Waals surface area contributed by atoms with E-state index in [1.807, 2.05) is 0 Å². The summed E-state index contributed by atoms with van der Waals surface area (Å²) in [4.78, 5) is 19.7. The molecule has 35 heavy (non-hydrogen) atoms. The minimum atomic E-state index is -5.01. The normalized spacial score (nSPS) is 11.7. The summed E-state index contributed by atoms with van der Waals surface area (Å²) in [6.45, 7) is 1.29. The summed E-state index contributed by atoms with van der Waals surface area (Å²) in [6.07, 6.45) is -10.0. The quantitative estimate of drug-likeness (QED) is 0.197. The molecule has 3 rings (SSSR count). The smallest absolute Gasteiger partial charge is 0.420 e. The molecular weight excluding hydrogens is 490 g/mol. The molecule has 0 amide bonds. The number of rotatable bonds is 6. The Labute approximate surface area is 191 Å². The van der Waals surface area contributed by atoms with Gasteiger partial charge in [0.25, 0.3) is 11.4 Å². The Morgan fingerprint density at radius 3 is 1.34 bits per heavy atom. The van der Waals surface area contributed by atoms with Gasteiger partial charge in [0, 0.05) is 29.8 Å². The third-order valence-electron chi connectivity index (χ3n) is 4.63. The molecule has 0 atom stereocenters. The Morgan fingerprint density at radius 1 is 0.657 bits per heavy atom. The van der Waals surface area contributed by atoms with Crippen molar-refractivity contribution >= 4 is 11.4 Å². The molecule has 0 radical (unpaired) electrons. The Bertz CT molecular complexity index is 1210. The average Bonchev–Trinajstić information content (AvgIpc) is 2.75. The van der Waals surface area contributed by atoms with Gasteiger partial charge in [0.15, 0.2) is 0 Å². The first kappa shape index (κ1) is 25.3. The summed E-state index contributed by atoms with van der Waals surface area (Å²) in [5, 5.41) is 21.7. The van der Waals surface area contributed by atoms with Crippen LogP contribution in [0.3, 0.4) is 0 Å². The van der Waals surface area contributed by atoms with Gasteiger partial charge in [-0.3, -0.25) is 20.2 Å². The highest BCUT2D eigenvalue weighted by Crippen LogP contribution is 2.44. The van der Waals surface area contributed by atoms with Crippen molar-refractivity contribution in [3.8, 4) is 23.0 Å². The number of nitrogens with zero attached hydrogens (tertiary/aromatic N) is 2. The maximum atomic E-state index is 13.4. The highest BCUT2D eigenvalue weighted by atomic mass is 19.4. The molecule has 8 nitrogen and oxygen atoms in total. The van der Waals surface area contributed by atoms with Crippen LogP contribution in [0.1, 0.15) is 16.7 Å². The van der Waals surface area contributed by atoms with Crippen LogP contribution in [0.25, 0.3) is 0 Å². The molecule has 0 bridgehead atoms. The van der Waals surface area contributed by atoms with Crippen LogP contribution in [0.2, 0.25) is 0 Å². The fourth-order valence-corrected chi connectivity index (χ4v) is 2.94. The lowest BCUT2D eigenvalue weighted by molar-refractivity contribution is -0.385. The van der Waals surface area contributed by atoms with Crippen LogP contribution in [-0.4, -0.2) is 9.85 Å². The first-order chi connectivity index (χ1) is 16.2. The van der Waals surface area contributed by atoms with Crippen LogP contribution < -0.4 is 9.47 Å². The second kappa shape index (κ2) is 9.12. The topological polar surface area (TPSA) is 105 Å². The number of hydrogen-bond acceptors (Lipinski definition) is 6. The van der Waals surface area contributed by atoms with Crippen LogP contribution in [0.4, 0.5) is 37.7 Å². The molecule has 0 fully saturated rings. The van der Waals surface area contributed by atoms with E-state index in [2.05, 4.69) is 0 Å². The van der Waals surface area contributed by atoms with Gasteiger partial charge in [-0.15, -0.1) is 0 Å². The van der Waals surface area contributed by atoms with E-state index in [-0.39, 0.29) is 29.2 Å². The number of ether oxygens (including phenoxy) is 2. The largest absolute Gasteiger partial charge is 0.456 e. The summed E-state index contributed by atoms with van der Waals surface area (Å²) in [5.74, 6) is -2.04. The number of nitro groups is 2. The van der Waals surface area contributed by atoms with Crippen LogP contribution >= 0.6 is 0 Å². The Balaban J connectivity index is 2.01. The van der Waals surface area contributed by atoms with Crippen molar-refractivity contribution in [2.75, 3.05) is 0 Å². The van der Waals surface area contributed by atoms with Crippen molar-refractivity contribution in [1.82, 2.24) is 0 Å². The molecule has 3 aromatic carbocycles. The first-order valence-corrected chi connectivity index (χ1v) is 9.35. The van der Waals surface area contributed by atoms with Crippen molar-refractivity contribution in [3.63, 3.8) is 0 Å². The van der Waals surface area contributed by atoms with E-state index >= 15 is 0 Å². The van der Waals surface area contributed by atoms with E-state index in [0.717, 1.165) is 24.3 Å². The Kier molecular flexibility index (Phi) is 6.58. The van der Waals surface area contributed by atoms with Gasteiger partial charge in [-0.1, -0.05) is 6.07 Å². The van der Waals surface area contributed by atoms with Gasteiger partial charge in [0.2, 0.25) is 0 Å². The number of benzene rings is 3. The SMILES string of the molecule is Cc1c(Oc2ccc([N+](=O)[O-])cc2C(F)(F)F)cccc1Oc1ccc([N+](=O)[O-])cc1C(F)(F)F. The van der Waals surface area contributed by atoms with Crippen molar-refractivity contribution in [1.29, 1.82) is 0 Å². The Hall–Kier alpha value is -4.36. The minimum absolute atomic E-state index is 0.00884. The number of hydrogen-bond donors (Lipinski definition) is 0. The average molecular weight is 502 g/mol. The number of halogens is 6. The fourth-order valence-electron chi connectivity index (χ4n) is 2.94. The molecule has 0 heterocycles. The maximum Gasteiger partial charge on any atom is 0.420 e. The number of non-ortho nitro benzene ring substituents is 2. The second-order valence-corrected chi connectivity index (χ2v) is 6.95. The van der Waals surface area contributed by atoms with Gasteiger partial charge in [-0.2, -0.15) is 26.3 Å². The molecule has 0 aliphatic rings. The standard InChI is InChI=1S/C21H12F6N2O6/c1-11-16(34-18-7-5-12(28(30)31)9-14(18)20(22,23)24)3-2-4-17(11)35-19-8-6-13(29(32)33)10-15(19)21(25,26)27/h2-10H,1H3. The molecule has 0 saturated heterocycles. The van der Waals surface area contributed by atoms with Crippen LogP contribution in [0, 0.1) is 27.2 Å². The van der Waals surface area contributed by atoms with Crippen molar-refractivity contribution in [3.05, 3.63) is 91.5 Å². The molecule has 0 N–H and O–H groups in total. The highest BCUT2D eigenvalue weighted by molar-refractivity contribution is 5.53. The van der Waals surface area contributed by atoms with Gasteiger partial charge in [0.1, 0.15) is 34.1 Å². The minimum Gasteiger partial charge on any atom is -0.456 e. The first-order valence-electron chi connectivity index (χ1n) is 9.35. The molecule has 3 aromatic rings. The fraction of sp³-hybridized carbons (Fsp3) is 0.143. The van der Waals surface area contributed by atoms with E-state index in [9.17, 15) is 46.6 Å². The number of alkyl halides is 6. The van der Waals surface area contributed by atoms with Crippen LogP contribution in [0.15, 0.2) is 54.6 Å². The predicted molar refractivity (Wildman–Crippen MR) is 108 cm³/mol. The molecule has 0 aromatic heterocycles. The third-order valence-corrected chi connectivity index (χ3v) is 4.63. The lowest BCUT2D eigenvalue weighted by atomic mass is 10.1. The van der Waals surface area contributed by atoms with E-state index < -0.39 is 56.2 Å². The van der Waals surface area contributed by atoms with E-state index in [4.69, 9.17) is 9.47 Å². The molecule has 0 aliphatic carbocycles. The van der Waals surface area contributed by atoms with E-state index in [1.165, 1.54) is 25.1 Å². The summed E-state index contributed by atoms with van der Waals surface area (Å²) in [5.41, 5.74) is -4.53. The van der Waals surface area contributed by atoms with Gasteiger partial charge in [-0.05, 0) is 31.2 Å². The third kappa shape index (κ3) is 5.59. The molecule has 184 valence electrons. The predicted octanol–water partition coefficient (Wildman–Crippen LogP) is 7.43. The van der Waals surface area contributed by atoms with Crippen LogP contribution in [-0.2, 0) is 12.4 Å². The highest BCUT2D eigenvalue weighted by Gasteiger charge is 2.37. The van der Waals surface area contributed by atoms with Gasteiger partial charge >= 0.3 is 12.4 Å². The molecule has 0 unspecified atom stereocenters. The summed E-state index contributed by atoms with van der Waals surface area (Å²) in [6, 6.07) is 7.32. The Morgan fingerprint density at radius 2 is 1.03 bits per heavy atom. The molecule has 0 spiro atoms. The van der Waals surface area contributed by atoms with E-state index in [0.29, 0.717) is 0 Å². The van der Waals surface area contributed by atoms with Crippen molar-refractivity contribution in [2.45, 2.75) is 19.3 Å². The second-order valence-electron chi connectivity index (χ2n) is 6.95. The van der Waals surface area contributed by atoms with Crippen molar-refractivity contribution in [2.24, 2.45) is 0 Å². The zero-order valence-electron chi connectivity index (χ0n) is 17.3. The molecule has 14 heteroatoms. The number of nitro benzene ring substituents is 2. The summed E-state index contributed by atoms with van der Waals surface area (Å²) in [7, 11) is 0. The lowest BCUT2D eigenvalue weighted by Crippen LogP contribution is -2.09. The zero-order chi connectivity index (χ0) is 26.1. The monoisotopic (exact) mass is 502 g/mol. The zero-order valence-corrected chi connectivity index (χ0v) is 17.3. The van der Waals surface area contributed by atoms with Crippen molar-refractivity contribution < 1.29 is 45.7 Å². The van der Waals surface area contributed by atoms with Crippen LogP contribution in [0.5, 0.6) is 23.0 Å². The van der Waals surface area contributed by atoms with Gasteiger partial charge in [0.05, 0.1) is 9.85 Å². The van der Waals surface area contributed by atoms with Gasteiger partial charge < -0.3 is 9.47 Å². The van der Waals surface area contributed by atoms with E-state index in [1.54, 1.807) is 0 Å². The lowest BCUT2D eigenvalue weighted by Gasteiger charge is -2.18. The molecule has 0 saturated carbocycles. The molecule has 0 aliphatic heterocycles. The summed E-state index contributed by atoms with van der Waals surface area (Å²) >= 11 is 0.